The number of fused-ring (bicyclic) bond motifs is 1. The number of amides is 2. The monoisotopic (exact) mass is 232 g/mol. The van der Waals surface area contributed by atoms with Gasteiger partial charge in [0, 0.05) is 7.05 Å². The number of hydrogen-bond donors (Lipinski definition) is 2. The van der Waals surface area contributed by atoms with Crippen LogP contribution in [-0.2, 0) is 10.3 Å². The molecule has 0 aromatic heterocycles. The molecule has 90 valence electrons. The van der Waals surface area contributed by atoms with Gasteiger partial charge in [-0.2, -0.15) is 0 Å². The van der Waals surface area contributed by atoms with Gasteiger partial charge in [-0.05, 0) is 23.5 Å². The van der Waals surface area contributed by atoms with Crippen molar-refractivity contribution in [2.24, 2.45) is 0 Å². The van der Waals surface area contributed by atoms with Crippen LogP contribution in [0.25, 0.3) is 0 Å². The predicted molar refractivity (Wildman–Crippen MR) is 64.8 cm³/mol. The summed E-state index contributed by atoms with van der Waals surface area (Å²) in [6.07, 6.45) is 1.45. The zero-order valence-corrected chi connectivity index (χ0v) is 9.99. The minimum absolute atomic E-state index is 0.272. The van der Waals surface area contributed by atoms with E-state index in [0.29, 0.717) is 6.42 Å². The average molecular weight is 232 g/mol. The second-order valence-electron chi connectivity index (χ2n) is 4.49. The minimum Gasteiger partial charge on any atom is -0.341 e. The van der Waals surface area contributed by atoms with Crippen molar-refractivity contribution in [1.82, 2.24) is 10.6 Å². The minimum atomic E-state index is -0.879. The Hall–Kier alpha value is -1.84. The van der Waals surface area contributed by atoms with E-state index < -0.39 is 5.54 Å². The third-order valence-electron chi connectivity index (χ3n) is 3.37. The van der Waals surface area contributed by atoms with Crippen LogP contribution >= 0.6 is 0 Å². The molecule has 0 heterocycles. The van der Waals surface area contributed by atoms with Crippen molar-refractivity contribution in [3.8, 4) is 0 Å². The first kappa shape index (κ1) is 11.6. The summed E-state index contributed by atoms with van der Waals surface area (Å²) in [5, 5.41) is 5.25. The number of rotatable bonds is 2. The SMILES string of the molecule is CNC(=O)NC1(C=O)CC(C)c2ccccc21. The van der Waals surface area contributed by atoms with Gasteiger partial charge in [0.2, 0.25) is 0 Å². The molecule has 2 N–H and O–H groups in total. The lowest BCUT2D eigenvalue weighted by atomic mass is 9.93. The zero-order chi connectivity index (χ0) is 12.5. The van der Waals surface area contributed by atoms with E-state index in [0.717, 1.165) is 17.4 Å². The van der Waals surface area contributed by atoms with Gasteiger partial charge in [-0.3, -0.25) is 0 Å². The second kappa shape index (κ2) is 4.20. The molecular formula is C13H16N2O2. The first-order valence-corrected chi connectivity index (χ1v) is 5.68. The molecule has 0 fully saturated rings. The molecule has 0 aliphatic heterocycles. The first-order valence-electron chi connectivity index (χ1n) is 5.68. The molecule has 0 spiro atoms. The smallest absolute Gasteiger partial charge is 0.315 e. The Morgan fingerprint density at radius 3 is 2.82 bits per heavy atom. The van der Waals surface area contributed by atoms with Crippen molar-refractivity contribution in [2.45, 2.75) is 24.8 Å². The molecule has 0 bridgehead atoms. The van der Waals surface area contributed by atoms with Crippen LogP contribution < -0.4 is 10.6 Å². The van der Waals surface area contributed by atoms with Gasteiger partial charge in [-0.1, -0.05) is 31.2 Å². The standard InChI is InChI=1S/C13H16N2O2/c1-9-7-13(8-16,15-12(17)14-2)11-6-4-3-5-10(9)11/h3-6,8-9H,7H2,1-2H3,(H2,14,15,17). The van der Waals surface area contributed by atoms with Gasteiger partial charge in [0.1, 0.15) is 11.8 Å². The summed E-state index contributed by atoms with van der Waals surface area (Å²) in [4.78, 5) is 22.9. The van der Waals surface area contributed by atoms with Crippen molar-refractivity contribution in [2.75, 3.05) is 7.05 Å². The third-order valence-corrected chi connectivity index (χ3v) is 3.37. The van der Waals surface area contributed by atoms with Crippen LogP contribution in [0.3, 0.4) is 0 Å². The molecule has 4 nitrogen and oxygen atoms in total. The molecule has 0 radical (unpaired) electrons. The van der Waals surface area contributed by atoms with Gasteiger partial charge >= 0.3 is 6.03 Å². The average Bonchev–Trinajstić information content (AvgIpc) is 2.64. The van der Waals surface area contributed by atoms with Crippen LogP contribution in [0.1, 0.15) is 30.4 Å². The van der Waals surface area contributed by atoms with Gasteiger partial charge in [-0.25, -0.2) is 4.79 Å². The Morgan fingerprint density at radius 1 is 1.47 bits per heavy atom. The zero-order valence-electron chi connectivity index (χ0n) is 9.99. The lowest BCUT2D eigenvalue weighted by Gasteiger charge is -2.25. The Morgan fingerprint density at radius 2 is 2.18 bits per heavy atom. The molecule has 2 unspecified atom stereocenters. The van der Waals surface area contributed by atoms with Gasteiger partial charge in [0.15, 0.2) is 0 Å². The number of hydrogen-bond acceptors (Lipinski definition) is 2. The number of benzene rings is 1. The molecular weight excluding hydrogens is 216 g/mol. The molecule has 0 saturated carbocycles. The number of aldehydes is 1. The Balaban J connectivity index is 2.44. The Bertz CT molecular complexity index is 458. The van der Waals surface area contributed by atoms with E-state index in [9.17, 15) is 9.59 Å². The van der Waals surface area contributed by atoms with Gasteiger partial charge < -0.3 is 15.4 Å². The maximum absolute atomic E-state index is 11.5. The largest absolute Gasteiger partial charge is 0.341 e. The molecule has 17 heavy (non-hydrogen) atoms. The fraction of sp³-hybridized carbons (Fsp3) is 0.385. The maximum atomic E-state index is 11.5. The predicted octanol–water partition coefficient (Wildman–Crippen LogP) is 1.52. The van der Waals surface area contributed by atoms with Crippen LogP contribution in [0.5, 0.6) is 0 Å². The Kier molecular flexibility index (Phi) is 2.88. The highest BCUT2D eigenvalue weighted by Crippen LogP contribution is 2.42. The van der Waals surface area contributed by atoms with Gasteiger partial charge in [0.25, 0.3) is 0 Å². The Labute approximate surface area is 100 Å². The van der Waals surface area contributed by atoms with Crippen LogP contribution in [0, 0.1) is 0 Å². The van der Waals surface area contributed by atoms with E-state index in [4.69, 9.17) is 0 Å². The lowest BCUT2D eigenvalue weighted by Crippen LogP contribution is -2.49. The molecule has 4 heteroatoms. The topological polar surface area (TPSA) is 58.2 Å². The summed E-state index contributed by atoms with van der Waals surface area (Å²) >= 11 is 0. The van der Waals surface area contributed by atoms with E-state index in [1.807, 2.05) is 24.3 Å². The van der Waals surface area contributed by atoms with E-state index >= 15 is 0 Å². The summed E-state index contributed by atoms with van der Waals surface area (Å²) in [7, 11) is 1.54. The van der Waals surface area contributed by atoms with Crippen molar-refractivity contribution in [3.05, 3.63) is 35.4 Å². The van der Waals surface area contributed by atoms with Crippen LogP contribution in [0.2, 0.25) is 0 Å². The van der Waals surface area contributed by atoms with E-state index in [1.54, 1.807) is 0 Å². The van der Waals surface area contributed by atoms with Gasteiger partial charge in [0.05, 0.1) is 0 Å². The summed E-state index contributed by atoms with van der Waals surface area (Å²) in [5.74, 6) is 0.272. The third kappa shape index (κ3) is 1.79. The van der Waals surface area contributed by atoms with Crippen molar-refractivity contribution in [1.29, 1.82) is 0 Å². The normalized spacial score (nSPS) is 26.1. The molecule has 1 aliphatic carbocycles. The molecule has 0 saturated heterocycles. The molecule has 1 aliphatic rings. The van der Waals surface area contributed by atoms with Crippen LogP contribution in [0.4, 0.5) is 4.79 Å². The van der Waals surface area contributed by atoms with E-state index in [1.165, 1.54) is 7.05 Å². The summed E-state index contributed by atoms with van der Waals surface area (Å²) in [6, 6.07) is 7.43. The maximum Gasteiger partial charge on any atom is 0.315 e. The lowest BCUT2D eigenvalue weighted by molar-refractivity contribution is -0.113. The van der Waals surface area contributed by atoms with Crippen molar-refractivity contribution >= 4 is 12.3 Å². The van der Waals surface area contributed by atoms with Gasteiger partial charge in [-0.15, -0.1) is 0 Å². The van der Waals surface area contributed by atoms with Crippen molar-refractivity contribution < 1.29 is 9.59 Å². The quantitative estimate of drug-likeness (QED) is 0.759. The fourth-order valence-corrected chi connectivity index (χ4v) is 2.56. The van der Waals surface area contributed by atoms with Crippen molar-refractivity contribution in [3.63, 3.8) is 0 Å². The first-order chi connectivity index (χ1) is 8.13. The van der Waals surface area contributed by atoms with Crippen LogP contribution in [-0.4, -0.2) is 19.4 Å². The summed E-state index contributed by atoms with van der Waals surface area (Å²) in [6.45, 7) is 2.07. The summed E-state index contributed by atoms with van der Waals surface area (Å²) in [5.41, 5.74) is 1.16. The molecule has 2 atom stereocenters. The second-order valence-corrected chi connectivity index (χ2v) is 4.49. The molecule has 1 aromatic rings. The number of nitrogens with one attached hydrogen (secondary N) is 2. The number of carbonyl (C=O) groups is 2. The molecule has 1 aromatic carbocycles. The van der Waals surface area contributed by atoms with E-state index in [-0.39, 0.29) is 11.9 Å². The van der Waals surface area contributed by atoms with E-state index in [2.05, 4.69) is 17.6 Å². The fourth-order valence-electron chi connectivity index (χ4n) is 2.56. The highest BCUT2D eigenvalue weighted by molar-refractivity contribution is 5.82. The molecule has 2 rings (SSSR count). The number of carbonyl (C=O) groups excluding carboxylic acids is 2. The number of urea groups is 1. The summed E-state index contributed by atoms with van der Waals surface area (Å²) < 4.78 is 0. The highest BCUT2D eigenvalue weighted by atomic mass is 16.2. The van der Waals surface area contributed by atoms with Crippen LogP contribution in [0.15, 0.2) is 24.3 Å². The highest BCUT2D eigenvalue weighted by Gasteiger charge is 2.43. The molecule has 2 amide bonds.